The van der Waals surface area contributed by atoms with Gasteiger partial charge in [0.1, 0.15) is 0 Å². The molecule has 2 rings (SSSR count). The molecule has 4 N–H and O–H groups in total. The van der Waals surface area contributed by atoms with E-state index in [0.717, 1.165) is 37.1 Å². The number of anilines is 1. The first-order chi connectivity index (χ1) is 11.2. The molecule has 1 heterocycles. The Balaban J connectivity index is 1.93. The average Bonchev–Trinajstić information content (AvgIpc) is 2.97. The highest BCUT2D eigenvalue weighted by Crippen LogP contribution is 2.22. The quantitative estimate of drug-likeness (QED) is 0.417. The Morgan fingerprint density at radius 2 is 1.91 bits per heavy atom. The van der Waals surface area contributed by atoms with E-state index in [1.54, 1.807) is 0 Å². The van der Waals surface area contributed by atoms with Gasteiger partial charge in [0.05, 0.1) is 6.20 Å². The van der Waals surface area contributed by atoms with E-state index in [2.05, 4.69) is 52.6 Å². The Morgan fingerprint density at radius 1 is 1.22 bits per heavy atom. The molecule has 1 aromatic heterocycles. The zero-order chi connectivity index (χ0) is 16.7. The van der Waals surface area contributed by atoms with Crippen molar-refractivity contribution in [3.63, 3.8) is 0 Å². The van der Waals surface area contributed by atoms with Crippen molar-refractivity contribution in [3.05, 3.63) is 46.8 Å². The van der Waals surface area contributed by atoms with Gasteiger partial charge in [-0.15, -0.1) is 0 Å². The summed E-state index contributed by atoms with van der Waals surface area (Å²) in [5.74, 6) is 0.490. The number of aromatic amines is 1. The van der Waals surface area contributed by atoms with Crippen molar-refractivity contribution in [3.8, 4) is 0 Å². The molecule has 2 aromatic rings. The fourth-order valence-electron chi connectivity index (χ4n) is 2.67. The van der Waals surface area contributed by atoms with Crippen molar-refractivity contribution in [2.24, 2.45) is 10.7 Å². The van der Waals surface area contributed by atoms with Gasteiger partial charge in [-0.05, 0) is 49.3 Å². The van der Waals surface area contributed by atoms with E-state index in [0.29, 0.717) is 12.5 Å². The fourth-order valence-corrected chi connectivity index (χ4v) is 2.67. The van der Waals surface area contributed by atoms with Crippen LogP contribution in [0.25, 0.3) is 0 Å². The molecule has 5 nitrogen and oxygen atoms in total. The number of hydrogen-bond acceptors (Lipinski definition) is 2. The minimum atomic E-state index is 0.490. The lowest BCUT2D eigenvalue weighted by atomic mass is 10.0. The van der Waals surface area contributed by atoms with E-state index in [4.69, 9.17) is 5.73 Å². The second-order valence-corrected chi connectivity index (χ2v) is 5.67. The first-order valence-corrected chi connectivity index (χ1v) is 8.32. The van der Waals surface area contributed by atoms with Crippen molar-refractivity contribution in [2.75, 3.05) is 11.9 Å². The van der Waals surface area contributed by atoms with E-state index in [9.17, 15) is 0 Å². The molecular weight excluding hydrogens is 286 g/mol. The van der Waals surface area contributed by atoms with E-state index in [-0.39, 0.29) is 0 Å². The Labute approximate surface area is 138 Å². The summed E-state index contributed by atoms with van der Waals surface area (Å²) < 4.78 is 0. The monoisotopic (exact) mass is 313 g/mol. The number of H-pyrrole nitrogens is 1. The number of rotatable bonds is 7. The van der Waals surface area contributed by atoms with Gasteiger partial charge in [-0.2, -0.15) is 5.10 Å². The molecular formula is C18H27N5. The van der Waals surface area contributed by atoms with Gasteiger partial charge in [-0.3, -0.25) is 10.1 Å². The van der Waals surface area contributed by atoms with E-state index in [1.807, 2.05) is 13.1 Å². The number of nitrogens with zero attached hydrogens (tertiary/aromatic N) is 2. The van der Waals surface area contributed by atoms with E-state index < -0.39 is 0 Å². The molecule has 124 valence electrons. The molecule has 0 spiro atoms. The first kappa shape index (κ1) is 17.1. The molecule has 1 aromatic carbocycles. The maximum atomic E-state index is 6.06. The number of aliphatic imine (C=N–C) groups is 1. The van der Waals surface area contributed by atoms with Gasteiger partial charge >= 0.3 is 0 Å². The second-order valence-electron chi connectivity index (χ2n) is 5.67. The summed E-state index contributed by atoms with van der Waals surface area (Å²) in [5.41, 5.74) is 12.1. The summed E-state index contributed by atoms with van der Waals surface area (Å²) >= 11 is 0. The summed E-state index contributed by atoms with van der Waals surface area (Å²) in [6.45, 7) is 7.05. The third-order valence-electron chi connectivity index (χ3n) is 4.07. The minimum Gasteiger partial charge on any atom is -0.370 e. The molecule has 5 heteroatoms. The summed E-state index contributed by atoms with van der Waals surface area (Å²) in [6.07, 6.45) is 5.75. The third-order valence-corrected chi connectivity index (χ3v) is 4.07. The van der Waals surface area contributed by atoms with Crippen molar-refractivity contribution in [2.45, 2.75) is 46.5 Å². The predicted molar refractivity (Wildman–Crippen MR) is 97.0 cm³/mol. The number of hydrogen-bond donors (Lipinski definition) is 3. The maximum Gasteiger partial charge on any atom is 0.193 e. The highest BCUT2D eigenvalue weighted by molar-refractivity contribution is 5.93. The van der Waals surface area contributed by atoms with E-state index in [1.165, 1.54) is 16.7 Å². The van der Waals surface area contributed by atoms with Gasteiger partial charge in [0.2, 0.25) is 0 Å². The van der Waals surface area contributed by atoms with Gasteiger partial charge in [0.15, 0.2) is 5.96 Å². The van der Waals surface area contributed by atoms with E-state index >= 15 is 0 Å². The fraction of sp³-hybridized carbons (Fsp3) is 0.444. The summed E-state index contributed by atoms with van der Waals surface area (Å²) in [4.78, 5) is 4.45. The van der Waals surface area contributed by atoms with Crippen LogP contribution in [0.4, 0.5) is 5.69 Å². The topological polar surface area (TPSA) is 79.1 Å². The molecule has 0 amide bonds. The smallest absolute Gasteiger partial charge is 0.193 e. The van der Waals surface area contributed by atoms with Crippen molar-refractivity contribution < 1.29 is 0 Å². The molecule has 0 bridgehead atoms. The molecule has 0 saturated heterocycles. The highest BCUT2D eigenvalue weighted by Gasteiger charge is 2.07. The SMILES string of the molecule is CCc1cccc(CC)c1NC(N)=NCCCc1cn[nH]c1C. The number of nitrogens with two attached hydrogens (primary N) is 1. The molecule has 0 radical (unpaired) electrons. The highest BCUT2D eigenvalue weighted by atomic mass is 15.1. The van der Waals surface area contributed by atoms with Crippen LogP contribution in [0.2, 0.25) is 0 Å². The zero-order valence-corrected chi connectivity index (χ0v) is 14.3. The standard InChI is InChI=1S/C18H27N5/c1-4-14-8-6-9-15(5-2)17(14)22-18(19)20-11-7-10-16-12-21-23-13(16)3/h6,8-9,12H,4-5,7,10-11H2,1-3H3,(H,21,23)(H3,19,20,22). The molecule has 0 saturated carbocycles. The van der Waals surface area contributed by atoms with Crippen LogP contribution in [0.15, 0.2) is 29.4 Å². The average molecular weight is 313 g/mol. The molecule has 0 atom stereocenters. The number of benzene rings is 1. The Kier molecular flexibility index (Phi) is 6.20. The lowest BCUT2D eigenvalue weighted by Gasteiger charge is -2.14. The van der Waals surface area contributed by atoms with Crippen LogP contribution in [-0.2, 0) is 19.3 Å². The summed E-state index contributed by atoms with van der Waals surface area (Å²) in [7, 11) is 0. The number of para-hydroxylation sites is 1. The summed E-state index contributed by atoms with van der Waals surface area (Å²) in [5, 5.41) is 10.3. The van der Waals surface area contributed by atoms with Crippen molar-refractivity contribution in [1.29, 1.82) is 0 Å². The normalized spacial score (nSPS) is 11.7. The van der Waals surface area contributed by atoms with Crippen molar-refractivity contribution >= 4 is 11.6 Å². The van der Waals surface area contributed by atoms with Gasteiger partial charge in [0.25, 0.3) is 0 Å². The first-order valence-electron chi connectivity index (χ1n) is 8.32. The van der Waals surface area contributed by atoms with Crippen LogP contribution in [0.3, 0.4) is 0 Å². The van der Waals surface area contributed by atoms with Crippen LogP contribution in [-0.4, -0.2) is 22.7 Å². The number of aryl methyl sites for hydroxylation is 4. The Hall–Kier alpha value is -2.30. The maximum absolute atomic E-state index is 6.06. The molecule has 0 fully saturated rings. The lowest BCUT2D eigenvalue weighted by Crippen LogP contribution is -2.24. The van der Waals surface area contributed by atoms with Gasteiger partial charge in [0, 0.05) is 17.9 Å². The molecule has 0 aliphatic carbocycles. The largest absolute Gasteiger partial charge is 0.370 e. The summed E-state index contributed by atoms with van der Waals surface area (Å²) in [6, 6.07) is 6.37. The third kappa shape index (κ3) is 4.58. The molecule has 23 heavy (non-hydrogen) atoms. The number of nitrogens with one attached hydrogen (secondary N) is 2. The Bertz CT molecular complexity index is 635. The molecule has 0 unspecified atom stereocenters. The molecule has 0 aliphatic rings. The van der Waals surface area contributed by atoms with Crippen LogP contribution >= 0.6 is 0 Å². The van der Waals surface area contributed by atoms with Gasteiger partial charge < -0.3 is 11.1 Å². The lowest BCUT2D eigenvalue weighted by molar-refractivity contribution is 0.827. The van der Waals surface area contributed by atoms with Crippen LogP contribution in [0, 0.1) is 6.92 Å². The van der Waals surface area contributed by atoms with Crippen LogP contribution in [0.5, 0.6) is 0 Å². The predicted octanol–water partition coefficient (Wildman–Crippen LogP) is 3.20. The number of guanidine groups is 1. The minimum absolute atomic E-state index is 0.490. The van der Waals surface area contributed by atoms with Crippen molar-refractivity contribution in [1.82, 2.24) is 10.2 Å². The number of aromatic nitrogens is 2. The molecule has 0 aliphatic heterocycles. The van der Waals surface area contributed by atoms with Gasteiger partial charge in [-0.1, -0.05) is 32.0 Å². The van der Waals surface area contributed by atoms with Gasteiger partial charge in [-0.25, -0.2) is 0 Å². The Morgan fingerprint density at radius 3 is 2.48 bits per heavy atom. The van der Waals surface area contributed by atoms with Crippen LogP contribution in [0.1, 0.15) is 42.7 Å². The zero-order valence-electron chi connectivity index (χ0n) is 14.3. The second kappa shape index (κ2) is 8.36. The van der Waals surface area contributed by atoms with Crippen LogP contribution < -0.4 is 11.1 Å².